The molecule has 0 saturated carbocycles. The first-order valence-electron chi connectivity index (χ1n) is 15.7. The molecular formula is C32H37Cl2N7O10S. The quantitative estimate of drug-likeness (QED) is 0.130. The average molecular weight is 783 g/mol. The van der Waals surface area contributed by atoms with Gasteiger partial charge in [0, 0.05) is 41.3 Å². The number of nitrogens with zero attached hydrogens (tertiary/aromatic N) is 6. The van der Waals surface area contributed by atoms with Crippen molar-refractivity contribution in [3.05, 3.63) is 70.4 Å². The van der Waals surface area contributed by atoms with Crippen LogP contribution in [0.2, 0.25) is 10.0 Å². The topological polar surface area (TPSA) is 238 Å². The van der Waals surface area contributed by atoms with E-state index in [4.69, 9.17) is 48.4 Å². The lowest BCUT2D eigenvalue weighted by Crippen LogP contribution is -2.47. The normalized spacial score (nSPS) is 15.9. The lowest BCUT2D eigenvalue weighted by atomic mass is 10.1. The number of fused-ring (bicyclic) bond motifs is 1. The van der Waals surface area contributed by atoms with Crippen LogP contribution in [-0.2, 0) is 31.0 Å². The van der Waals surface area contributed by atoms with Crippen molar-refractivity contribution < 1.29 is 48.0 Å². The summed E-state index contributed by atoms with van der Waals surface area (Å²) in [4.78, 5) is 43.0. The number of aliphatic carboxylic acids is 2. The van der Waals surface area contributed by atoms with Crippen LogP contribution in [0.1, 0.15) is 24.1 Å². The highest BCUT2D eigenvalue weighted by Crippen LogP contribution is 2.37. The Balaban J connectivity index is 0.000000530. The fourth-order valence-corrected chi connectivity index (χ4v) is 7.75. The number of ether oxygens (including phenoxy) is 1. The van der Waals surface area contributed by atoms with E-state index >= 15 is 0 Å². The molecule has 4 aromatic rings. The number of aromatic nitrogens is 4. The second-order valence-electron chi connectivity index (χ2n) is 11.8. The third-order valence-corrected chi connectivity index (χ3v) is 10.7. The Morgan fingerprint density at radius 2 is 1.79 bits per heavy atom. The number of hydrogen-bond donors (Lipinski definition) is 5. The fraction of sp³-hybridized carbons (Fsp3) is 0.375. The van der Waals surface area contributed by atoms with Crippen molar-refractivity contribution in [1.82, 2.24) is 34.3 Å². The number of para-hydroxylation sites is 1. The Hall–Kier alpha value is -4.43. The van der Waals surface area contributed by atoms with E-state index in [1.165, 1.54) is 22.8 Å². The maximum atomic E-state index is 13.8. The van der Waals surface area contributed by atoms with Crippen LogP contribution >= 0.6 is 23.2 Å². The molecule has 3 atom stereocenters. The van der Waals surface area contributed by atoms with Crippen LogP contribution in [0.3, 0.4) is 0 Å². The number of pyridine rings is 1. The zero-order valence-corrected chi connectivity index (χ0v) is 30.5. The second-order valence-corrected chi connectivity index (χ2v) is 14.5. The second kappa shape index (κ2) is 17.4. The molecule has 1 aliphatic heterocycles. The van der Waals surface area contributed by atoms with Gasteiger partial charge in [0.05, 0.1) is 10.7 Å². The predicted octanol–water partition coefficient (Wildman–Crippen LogP) is 1.72. The number of hydrogen-bond acceptors (Lipinski definition) is 12. The van der Waals surface area contributed by atoms with Crippen LogP contribution < -0.4 is 10.1 Å². The SMILES string of the molecule is Cc1cc(-n2cncn2)c2cccc(OCc3c(Cl)ccc(S(=O)(=O)N4CCC[C@H]4C(=O)NCCN(C)C)c3Cl)c2n1.O=C(O)C(O)C(O)C(=O)O. The first-order chi connectivity index (χ1) is 24.5. The number of aryl methyl sites for hydroxylation is 1. The molecule has 1 aliphatic rings. The van der Waals surface area contributed by atoms with Crippen molar-refractivity contribution in [3.8, 4) is 11.4 Å². The minimum atomic E-state index is -4.11. The Morgan fingerprint density at radius 3 is 2.40 bits per heavy atom. The smallest absolute Gasteiger partial charge is 0.335 e. The van der Waals surface area contributed by atoms with Gasteiger partial charge in [-0.15, -0.1) is 0 Å². The molecule has 5 rings (SSSR count). The number of benzene rings is 2. The molecule has 1 fully saturated rings. The molecule has 0 radical (unpaired) electrons. The predicted molar refractivity (Wildman–Crippen MR) is 188 cm³/mol. The molecule has 0 bridgehead atoms. The number of carboxylic acids is 2. The lowest BCUT2D eigenvalue weighted by Gasteiger charge is -2.25. The van der Waals surface area contributed by atoms with Crippen molar-refractivity contribution in [2.24, 2.45) is 0 Å². The molecule has 17 nitrogen and oxygen atoms in total. The van der Waals surface area contributed by atoms with Crippen molar-refractivity contribution in [2.45, 2.75) is 49.5 Å². The number of halogens is 2. The summed E-state index contributed by atoms with van der Waals surface area (Å²) in [7, 11) is -0.312. The summed E-state index contributed by atoms with van der Waals surface area (Å²) in [5.74, 6) is -3.40. The molecule has 1 saturated heterocycles. The largest absolute Gasteiger partial charge is 0.487 e. The molecule has 0 aliphatic carbocycles. The summed E-state index contributed by atoms with van der Waals surface area (Å²) in [6.07, 6.45) is -0.482. The van der Waals surface area contributed by atoms with E-state index in [1.54, 1.807) is 17.1 Å². The van der Waals surface area contributed by atoms with Gasteiger partial charge in [0.25, 0.3) is 0 Å². The van der Waals surface area contributed by atoms with Gasteiger partial charge < -0.3 is 35.4 Å². The number of aliphatic hydroxyl groups excluding tert-OH is 2. The van der Waals surface area contributed by atoms with Gasteiger partial charge in [-0.3, -0.25) is 4.79 Å². The maximum absolute atomic E-state index is 13.8. The molecule has 280 valence electrons. The minimum absolute atomic E-state index is 0.0474. The third-order valence-electron chi connectivity index (χ3n) is 7.85. The number of rotatable bonds is 13. The molecule has 2 aromatic heterocycles. The van der Waals surface area contributed by atoms with Crippen LogP contribution in [0.15, 0.2) is 53.9 Å². The van der Waals surface area contributed by atoms with Gasteiger partial charge in [0.1, 0.15) is 41.5 Å². The van der Waals surface area contributed by atoms with Crippen LogP contribution in [0.25, 0.3) is 16.6 Å². The van der Waals surface area contributed by atoms with Gasteiger partial charge in [0.2, 0.25) is 15.9 Å². The lowest BCUT2D eigenvalue weighted by molar-refractivity contribution is -0.165. The number of likely N-dealkylation sites (N-methyl/N-ethyl adjacent to an activating group) is 1. The van der Waals surface area contributed by atoms with Crippen LogP contribution in [0, 0.1) is 6.92 Å². The van der Waals surface area contributed by atoms with E-state index in [9.17, 15) is 22.8 Å². The third kappa shape index (κ3) is 9.32. The number of nitrogens with one attached hydrogen (secondary N) is 1. The minimum Gasteiger partial charge on any atom is -0.487 e. The molecule has 2 unspecified atom stereocenters. The molecule has 2 aromatic carbocycles. The summed E-state index contributed by atoms with van der Waals surface area (Å²) in [6, 6.07) is 9.44. The summed E-state index contributed by atoms with van der Waals surface area (Å²) < 4.78 is 36.6. The van der Waals surface area contributed by atoms with Crippen LogP contribution in [0.5, 0.6) is 5.75 Å². The summed E-state index contributed by atoms with van der Waals surface area (Å²) in [5.41, 5.74) is 2.45. The van der Waals surface area contributed by atoms with E-state index < -0.39 is 40.2 Å². The molecule has 20 heteroatoms. The van der Waals surface area contributed by atoms with E-state index in [1.807, 2.05) is 44.1 Å². The van der Waals surface area contributed by atoms with Crippen molar-refractivity contribution >= 4 is 62.0 Å². The van der Waals surface area contributed by atoms with Crippen molar-refractivity contribution in [2.75, 3.05) is 33.7 Å². The van der Waals surface area contributed by atoms with Crippen LogP contribution in [-0.4, -0.2) is 128 Å². The first-order valence-corrected chi connectivity index (χ1v) is 17.8. The number of carboxylic acid groups (broad SMARTS) is 2. The molecule has 1 amide bonds. The summed E-state index contributed by atoms with van der Waals surface area (Å²) in [6.45, 7) is 3.04. The highest BCUT2D eigenvalue weighted by atomic mass is 35.5. The number of amides is 1. The average Bonchev–Trinajstić information content (AvgIpc) is 3.81. The maximum Gasteiger partial charge on any atom is 0.335 e. The monoisotopic (exact) mass is 781 g/mol. The molecule has 52 heavy (non-hydrogen) atoms. The number of aliphatic hydroxyl groups is 2. The van der Waals surface area contributed by atoms with Gasteiger partial charge in [-0.2, -0.15) is 9.40 Å². The van der Waals surface area contributed by atoms with Gasteiger partial charge >= 0.3 is 11.9 Å². The fourth-order valence-electron chi connectivity index (χ4n) is 5.23. The zero-order chi connectivity index (χ0) is 38.3. The van der Waals surface area contributed by atoms with Gasteiger partial charge in [-0.25, -0.2) is 32.7 Å². The number of carbonyl (C=O) groups is 3. The van der Waals surface area contributed by atoms with Crippen molar-refractivity contribution in [1.29, 1.82) is 0 Å². The summed E-state index contributed by atoms with van der Waals surface area (Å²) >= 11 is 13.2. The van der Waals surface area contributed by atoms with Gasteiger partial charge in [0.15, 0.2) is 12.2 Å². The first kappa shape index (κ1) is 40.3. The van der Waals surface area contributed by atoms with Gasteiger partial charge in [-0.1, -0.05) is 35.3 Å². The Bertz CT molecular complexity index is 2020. The standard InChI is InChI=1S/C28H31Cl2N7O4S.C4H6O6/c1-18-14-23(36-17-31-16-33-36)19-6-4-8-24(27(19)34-18)41-15-20-21(29)9-10-25(26(20)30)42(39,40)37-12-5-7-22(37)28(38)32-11-13-35(2)3;5-1(3(7)8)2(6)4(9)10/h4,6,8-10,14,16-17,22H,5,7,11-13,15H2,1-3H3,(H,32,38);1-2,5-6H,(H,7,8)(H,9,10)/t22-;/m0./s1. The number of carbonyl (C=O) groups excluding carboxylic acids is 1. The molecule has 0 spiro atoms. The molecular weight excluding hydrogens is 745 g/mol. The van der Waals surface area contributed by atoms with Gasteiger partial charge in [-0.05, 0) is 58.1 Å². The zero-order valence-electron chi connectivity index (χ0n) is 28.2. The Kier molecular flexibility index (Phi) is 13.5. The highest BCUT2D eigenvalue weighted by Gasteiger charge is 2.40. The van der Waals surface area contributed by atoms with E-state index in [0.29, 0.717) is 42.8 Å². The molecule has 3 heterocycles. The highest BCUT2D eigenvalue weighted by molar-refractivity contribution is 7.89. The van der Waals surface area contributed by atoms with Crippen molar-refractivity contribution in [3.63, 3.8) is 0 Å². The Labute approximate surface area is 308 Å². The number of sulfonamides is 1. The van der Waals surface area contributed by atoms with E-state index in [0.717, 1.165) is 16.8 Å². The van der Waals surface area contributed by atoms with Crippen LogP contribution in [0.4, 0.5) is 0 Å². The summed E-state index contributed by atoms with van der Waals surface area (Å²) in [5, 5.41) is 40.6. The van der Waals surface area contributed by atoms with E-state index in [2.05, 4.69) is 20.4 Å². The Morgan fingerprint density at radius 1 is 1.10 bits per heavy atom. The molecule has 5 N–H and O–H groups in total. The van der Waals surface area contributed by atoms with E-state index in [-0.39, 0.29) is 34.0 Å².